The summed E-state index contributed by atoms with van der Waals surface area (Å²) in [6.07, 6.45) is 1.77. The van der Waals surface area contributed by atoms with Gasteiger partial charge in [-0.15, -0.1) is 11.3 Å². The average molecular weight is 451 g/mol. The number of nitrogens with zero attached hydrogens (tertiary/aromatic N) is 3. The molecule has 0 amide bonds. The fourth-order valence-electron chi connectivity index (χ4n) is 3.60. The minimum atomic E-state index is -0.607. The first-order valence-corrected chi connectivity index (χ1v) is 10.7. The summed E-state index contributed by atoms with van der Waals surface area (Å²) in [5.74, 6) is 0. The molecule has 5 aromatic rings. The van der Waals surface area contributed by atoms with Crippen LogP contribution in [0, 0.1) is 21.4 Å². The van der Waals surface area contributed by atoms with Crippen LogP contribution in [0.4, 0.5) is 5.69 Å². The maximum Gasteiger partial charge on any atom is 0.345 e. The van der Waals surface area contributed by atoms with Gasteiger partial charge in [0, 0.05) is 22.9 Å². The summed E-state index contributed by atoms with van der Waals surface area (Å²) >= 11 is 1.23. The second-order valence-electron chi connectivity index (χ2n) is 7.20. The largest absolute Gasteiger partial charge is 0.422 e. The molecule has 7 nitrogen and oxygen atoms in total. The first kappa shape index (κ1) is 20.3. The van der Waals surface area contributed by atoms with Gasteiger partial charge in [-0.1, -0.05) is 42.5 Å². The van der Waals surface area contributed by atoms with Crippen LogP contribution in [0.25, 0.3) is 44.6 Å². The molecule has 0 aliphatic rings. The van der Waals surface area contributed by atoms with Gasteiger partial charge in [-0.05, 0) is 34.5 Å². The molecule has 8 heteroatoms. The van der Waals surface area contributed by atoms with Crippen LogP contribution in [0.5, 0.6) is 0 Å². The van der Waals surface area contributed by atoms with Crippen molar-refractivity contribution in [2.24, 2.45) is 0 Å². The van der Waals surface area contributed by atoms with E-state index in [4.69, 9.17) is 4.42 Å². The van der Waals surface area contributed by atoms with Crippen LogP contribution in [0.2, 0.25) is 0 Å². The number of rotatable bonds is 4. The van der Waals surface area contributed by atoms with Gasteiger partial charge in [-0.2, -0.15) is 5.26 Å². The van der Waals surface area contributed by atoms with Crippen molar-refractivity contribution in [3.63, 3.8) is 0 Å². The highest BCUT2D eigenvalue weighted by atomic mass is 32.1. The molecule has 5 rings (SSSR count). The smallest absolute Gasteiger partial charge is 0.345 e. The number of allylic oxidation sites excluding steroid dienone is 1. The van der Waals surface area contributed by atoms with Gasteiger partial charge in [0.1, 0.15) is 16.7 Å². The van der Waals surface area contributed by atoms with Gasteiger partial charge >= 0.3 is 5.63 Å². The third kappa shape index (κ3) is 3.78. The Morgan fingerprint density at radius 2 is 1.91 bits per heavy atom. The molecule has 0 unspecified atom stereocenters. The number of aromatic nitrogens is 1. The number of fused-ring (bicyclic) bond motifs is 2. The maximum atomic E-state index is 12.5. The zero-order valence-electron chi connectivity index (χ0n) is 16.9. The monoisotopic (exact) mass is 451 g/mol. The van der Waals surface area contributed by atoms with Gasteiger partial charge in [0.15, 0.2) is 0 Å². The lowest BCUT2D eigenvalue weighted by atomic mass is 10.0. The summed E-state index contributed by atoms with van der Waals surface area (Å²) in [6, 6.07) is 21.5. The van der Waals surface area contributed by atoms with Crippen molar-refractivity contribution in [2.75, 3.05) is 0 Å². The zero-order valence-corrected chi connectivity index (χ0v) is 17.7. The van der Waals surface area contributed by atoms with Crippen molar-refractivity contribution in [2.45, 2.75) is 0 Å². The van der Waals surface area contributed by atoms with E-state index in [-0.39, 0.29) is 16.8 Å². The maximum absolute atomic E-state index is 12.5. The minimum absolute atomic E-state index is 0.106. The predicted octanol–water partition coefficient (Wildman–Crippen LogP) is 6.04. The van der Waals surface area contributed by atoms with Gasteiger partial charge in [-0.3, -0.25) is 10.1 Å². The van der Waals surface area contributed by atoms with E-state index in [1.165, 1.54) is 35.6 Å². The molecule has 3 aromatic carbocycles. The lowest BCUT2D eigenvalue weighted by Gasteiger charge is -2.02. The van der Waals surface area contributed by atoms with Crippen LogP contribution in [-0.4, -0.2) is 9.91 Å². The Bertz CT molecular complexity index is 1690. The average Bonchev–Trinajstić information content (AvgIpc) is 3.31. The quantitative estimate of drug-likeness (QED) is 0.143. The van der Waals surface area contributed by atoms with Gasteiger partial charge in [0.2, 0.25) is 0 Å². The molecular formula is C25H13N3O4S. The molecule has 0 saturated carbocycles. The number of nitro groups is 1. The Kier molecular flexibility index (Phi) is 5.01. The van der Waals surface area contributed by atoms with Crippen LogP contribution in [0.15, 0.2) is 81.3 Å². The molecule has 0 N–H and O–H groups in total. The Hall–Kier alpha value is -4.61. The zero-order chi connectivity index (χ0) is 22.9. The summed E-state index contributed by atoms with van der Waals surface area (Å²) in [4.78, 5) is 27.6. The fourth-order valence-corrected chi connectivity index (χ4v) is 4.38. The van der Waals surface area contributed by atoms with Crippen LogP contribution >= 0.6 is 11.3 Å². The molecule has 0 aliphatic carbocycles. The van der Waals surface area contributed by atoms with Gasteiger partial charge < -0.3 is 4.42 Å². The predicted molar refractivity (Wildman–Crippen MR) is 128 cm³/mol. The first-order chi connectivity index (χ1) is 16.0. The standard InChI is InChI=1S/C25H13N3O4S/c26-13-18(10-16-6-3-5-15-4-1-2-7-20(15)16)24-27-22(14-33-24)21-12-17-11-19(28(30)31)8-9-23(17)32-25(21)29/h1-12,14H. The third-order valence-corrected chi connectivity index (χ3v) is 6.06. The van der Waals surface area contributed by atoms with Crippen molar-refractivity contribution in [1.82, 2.24) is 4.98 Å². The molecule has 0 aliphatic heterocycles. The van der Waals surface area contributed by atoms with E-state index in [1.807, 2.05) is 42.5 Å². The molecule has 0 atom stereocenters. The summed E-state index contributed by atoms with van der Waals surface area (Å²) in [5, 5.41) is 25.5. The molecule has 0 spiro atoms. The molecular weight excluding hydrogens is 438 g/mol. The molecule has 33 heavy (non-hydrogen) atoms. The highest BCUT2D eigenvalue weighted by Crippen LogP contribution is 2.30. The molecule has 2 heterocycles. The van der Waals surface area contributed by atoms with Gasteiger partial charge in [0.25, 0.3) is 5.69 Å². The normalized spacial score (nSPS) is 11.5. The van der Waals surface area contributed by atoms with E-state index >= 15 is 0 Å². The summed E-state index contributed by atoms with van der Waals surface area (Å²) < 4.78 is 5.33. The van der Waals surface area contributed by atoms with E-state index in [0.717, 1.165) is 16.3 Å². The van der Waals surface area contributed by atoms with Crippen molar-refractivity contribution in [3.8, 4) is 17.3 Å². The van der Waals surface area contributed by atoms with Crippen molar-refractivity contribution < 1.29 is 9.34 Å². The Morgan fingerprint density at radius 3 is 2.73 bits per heavy atom. The van der Waals surface area contributed by atoms with E-state index in [0.29, 0.717) is 21.7 Å². The number of hydrogen-bond acceptors (Lipinski definition) is 7. The number of nitriles is 1. The van der Waals surface area contributed by atoms with E-state index < -0.39 is 10.5 Å². The topological polar surface area (TPSA) is 110 Å². The van der Waals surface area contributed by atoms with Crippen LogP contribution in [-0.2, 0) is 0 Å². The molecule has 0 fully saturated rings. The van der Waals surface area contributed by atoms with E-state index in [1.54, 1.807) is 11.5 Å². The van der Waals surface area contributed by atoms with Crippen LogP contribution in [0.1, 0.15) is 10.6 Å². The number of non-ortho nitro benzene ring substituents is 1. The molecule has 158 valence electrons. The molecule has 0 bridgehead atoms. The Balaban J connectivity index is 1.58. The summed E-state index contributed by atoms with van der Waals surface area (Å²) in [5.41, 5.74) is 1.31. The lowest BCUT2D eigenvalue weighted by Crippen LogP contribution is -2.03. The van der Waals surface area contributed by atoms with Crippen LogP contribution in [0.3, 0.4) is 0 Å². The Labute approximate surface area is 190 Å². The second-order valence-corrected chi connectivity index (χ2v) is 8.06. The van der Waals surface area contributed by atoms with Crippen LogP contribution < -0.4 is 5.63 Å². The highest BCUT2D eigenvalue weighted by molar-refractivity contribution is 7.11. The van der Waals surface area contributed by atoms with E-state index in [9.17, 15) is 20.2 Å². The number of thiazole rings is 1. The number of nitro benzene ring substituents is 1. The van der Waals surface area contributed by atoms with Crippen molar-refractivity contribution >= 4 is 50.4 Å². The van der Waals surface area contributed by atoms with Crippen molar-refractivity contribution in [3.05, 3.63) is 103 Å². The Morgan fingerprint density at radius 1 is 1.09 bits per heavy atom. The minimum Gasteiger partial charge on any atom is -0.422 e. The molecule has 0 radical (unpaired) electrons. The van der Waals surface area contributed by atoms with Gasteiger partial charge in [-0.25, -0.2) is 9.78 Å². The second kappa shape index (κ2) is 8.15. The third-order valence-electron chi connectivity index (χ3n) is 5.18. The summed E-state index contributed by atoms with van der Waals surface area (Å²) in [7, 11) is 0. The van der Waals surface area contributed by atoms with Gasteiger partial charge in [0.05, 0.1) is 21.8 Å². The van der Waals surface area contributed by atoms with Crippen molar-refractivity contribution in [1.29, 1.82) is 5.26 Å². The number of benzene rings is 3. The highest BCUT2D eigenvalue weighted by Gasteiger charge is 2.16. The lowest BCUT2D eigenvalue weighted by molar-refractivity contribution is -0.384. The summed E-state index contributed by atoms with van der Waals surface area (Å²) in [6.45, 7) is 0. The first-order valence-electron chi connectivity index (χ1n) is 9.81. The SMILES string of the molecule is N#CC(=Cc1cccc2ccccc12)c1nc(-c2cc3cc([N+](=O)[O-])ccc3oc2=O)cs1. The fraction of sp³-hybridized carbons (Fsp3) is 0. The number of hydrogen-bond donors (Lipinski definition) is 0. The van der Waals surface area contributed by atoms with E-state index in [2.05, 4.69) is 11.1 Å². The molecule has 2 aromatic heterocycles. The molecule has 0 saturated heterocycles.